The third-order valence-corrected chi connectivity index (χ3v) is 4.33. The molecule has 4 heteroatoms. The summed E-state index contributed by atoms with van der Waals surface area (Å²) in [6.07, 6.45) is 2.17. The monoisotopic (exact) mass is 319 g/mol. The van der Waals surface area contributed by atoms with Gasteiger partial charge in [0.2, 0.25) is 0 Å². The van der Waals surface area contributed by atoms with Crippen LogP contribution in [0.2, 0.25) is 0 Å². The molecule has 128 valence electrons. The van der Waals surface area contributed by atoms with Gasteiger partial charge in [-0.1, -0.05) is 32.0 Å². The standard InChI is InChI=1S/C19H29NO3/c1-13(2)15-9-6-7-10-17(15)23-19(4,5)18(21)20-14(3)16-11-8-12-22-16/h6-7,9-10,13-14,16H,8,11-12H2,1-5H3,(H,20,21)/t14-,16-/m0/s1. The van der Waals surface area contributed by atoms with Crippen LogP contribution in [0.3, 0.4) is 0 Å². The quantitative estimate of drug-likeness (QED) is 0.870. The van der Waals surface area contributed by atoms with Crippen molar-refractivity contribution in [2.45, 2.75) is 71.1 Å². The Morgan fingerprint density at radius 2 is 2.00 bits per heavy atom. The molecule has 0 unspecified atom stereocenters. The van der Waals surface area contributed by atoms with Gasteiger partial charge < -0.3 is 14.8 Å². The van der Waals surface area contributed by atoms with Gasteiger partial charge in [0.25, 0.3) is 5.91 Å². The maximum atomic E-state index is 12.6. The second-order valence-electron chi connectivity index (χ2n) is 7.12. The normalized spacial score (nSPS) is 19.7. The van der Waals surface area contributed by atoms with Crippen LogP contribution in [0.15, 0.2) is 24.3 Å². The number of nitrogens with one attached hydrogen (secondary N) is 1. The summed E-state index contributed by atoms with van der Waals surface area (Å²) in [5.41, 5.74) is 0.179. The largest absolute Gasteiger partial charge is 0.478 e. The lowest BCUT2D eigenvalue weighted by molar-refractivity contribution is -0.135. The number of para-hydroxylation sites is 1. The van der Waals surface area contributed by atoms with Crippen molar-refractivity contribution in [1.82, 2.24) is 5.32 Å². The van der Waals surface area contributed by atoms with E-state index in [2.05, 4.69) is 19.2 Å². The minimum absolute atomic E-state index is 0.00628. The Labute approximate surface area is 139 Å². The zero-order chi connectivity index (χ0) is 17.0. The highest BCUT2D eigenvalue weighted by atomic mass is 16.5. The molecule has 2 rings (SSSR count). The molecule has 1 N–H and O–H groups in total. The molecule has 0 bridgehead atoms. The van der Waals surface area contributed by atoms with E-state index in [1.807, 2.05) is 45.0 Å². The minimum atomic E-state index is -0.933. The smallest absolute Gasteiger partial charge is 0.263 e. The van der Waals surface area contributed by atoms with Gasteiger partial charge in [-0.15, -0.1) is 0 Å². The molecule has 4 nitrogen and oxygen atoms in total. The van der Waals surface area contributed by atoms with E-state index in [4.69, 9.17) is 9.47 Å². The fraction of sp³-hybridized carbons (Fsp3) is 0.632. The maximum absolute atomic E-state index is 12.6. The molecule has 0 spiro atoms. The van der Waals surface area contributed by atoms with E-state index >= 15 is 0 Å². The van der Waals surface area contributed by atoms with E-state index in [0.717, 1.165) is 30.8 Å². The third kappa shape index (κ3) is 4.47. The first-order valence-electron chi connectivity index (χ1n) is 8.52. The van der Waals surface area contributed by atoms with Crippen molar-refractivity contribution < 1.29 is 14.3 Å². The number of hydrogen-bond acceptors (Lipinski definition) is 3. The van der Waals surface area contributed by atoms with Crippen LogP contribution in [-0.2, 0) is 9.53 Å². The van der Waals surface area contributed by atoms with E-state index in [1.165, 1.54) is 0 Å². The van der Waals surface area contributed by atoms with E-state index in [1.54, 1.807) is 0 Å². The first kappa shape index (κ1) is 17.8. The molecule has 1 amide bonds. The molecule has 1 saturated heterocycles. The molecule has 0 aromatic heterocycles. The van der Waals surface area contributed by atoms with Crippen LogP contribution in [0.25, 0.3) is 0 Å². The molecule has 1 fully saturated rings. The summed E-state index contributed by atoms with van der Waals surface area (Å²) >= 11 is 0. The maximum Gasteiger partial charge on any atom is 0.263 e. The van der Waals surface area contributed by atoms with Gasteiger partial charge in [0.05, 0.1) is 12.1 Å². The van der Waals surface area contributed by atoms with Gasteiger partial charge in [-0.2, -0.15) is 0 Å². The van der Waals surface area contributed by atoms with Crippen LogP contribution in [0.5, 0.6) is 5.75 Å². The Hall–Kier alpha value is -1.55. The fourth-order valence-electron chi connectivity index (χ4n) is 2.84. The summed E-state index contributed by atoms with van der Waals surface area (Å²) in [6.45, 7) is 10.6. The lowest BCUT2D eigenvalue weighted by Gasteiger charge is -2.30. The number of carbonyl (C=O) groups is 1. The molecule has 23 heavy (non-hydrogen) atoms. The second kappa shape index (κ2) is 7.35. The van der Waals surface area contributed by atoms with Crippen molar-refractivity contribution in [2.24, 2.45) is 0 Å². The van der Waals surface area contributed by atoms with E-state index in [9.17, 15) is 4.79 Å². The first-order valence-corrected chi connectivity index (χ1v) is 8.52. The highest BCUT2D eigenvalue weighted by molar-refractivity contribution is 5.85. The van der Waals surface area contributed by atoms with E-state index < -0.39 is 5.60 Å². The van der Waals surface area contributed by atoms with Crippen molar-refractivity contribution in [3.8, 4) is 5.75 Å². The van der Waals surface area contributed by atoms with Crippen LogP contribution >= 0.6 is 0 Å². The van der Waals surface area contributed by atoms with E-state index in [-0.39, 0.29) is 18.1 Å². The van der Waals surface area contributed by atoms with Gasteiger partial charge in [0.15, 0.2) is 5.60 Å². The predicted octanol–water partition coefficient (Wildman–Crippen LogP) is 3.65. The zero-order valence-electron chi connectivity index (χ0n) is 14.9. The van der Waals surface area contributed by atoms with Crippen LogP contribution < -0.4 is 10.1 Å². The summed E-state index contributed by atoms with van der Waals surface area (Å²) in [4.78, 5) is 12.6. The highest BCUT2D eigenvalue weighted by Crippen LogP contribution is 2.29. The van der Waals surface area contributed by atoms with Crippen LogP contribution in [0, 0.1) is 0 Å². The third-order valence-electron chi connectivity index (χ3n) is 4.33. The molecular weight excluding hydrogens is 290 g/mol. The second-order valence-corrected chi connectivity index (χ2v) is 7.12. The van der Waals surface area contributed by atoms with Crippen LogP contribution in [-0.4, -0.2) is 30.3 Å². The molecule has 0 aliphatic carbocycles. The molecule has 1 aliphatic heterocycles. The molecule has 1 heterocycles. The van der Waals surface area contributed by atoms with Gasteiger partial charge >= 0.3 is 0 Å². The average molecular weight is 319 g/mol. The van der Waals surface area contributed by atoms with Gasteiger partial charge in [-0.3, -0.25) is 4.79 Å². The van der Waals surface area contributed by atoms with Crippen LogP contribution in [0.4, 0.5) is 0 Å². The Balaban J connectivity index is 2.04. The topological polar surface area (TPSA) is 47.6 Å². The number of benzene rings is 1. The molecule has 1 aromatic carbocycles. The molecular formula is C19H29NO3. The van der Waals surface area contributed by atoms with E-state index in [0.29, 0.717) is 5.92 Å². The zero-order valence-corrected chi connectivity index (χ0v) is 14.9. The molecule has 1 aliphatic rings. The van der Waals surface area contributed by atoms with Crippen molar-refractivity contribution in [3.05, 3.63) is 29.8 Å². The SMILES string of the molecule is CC(C)c1ccccc1OC(C)(C)C(=O)N[C@@H](C)[C@@H]1CCCO1. The summed E-state index contributed by atoms with van der Waals surface area (Å²) in [7, 11) is 0. The molecule has 1 aromatic rings. The predicted molar refractivity (Wildman–Crippen MR) is 91.8 cm³/mol. The lowest BCUT2D eigenvalue weighted by Crippen LogP contribution is -2.52. The minimum Gasteiger partial charge on any atom is -0.478 e. The summed E-state index contributed by atoms with van der Waals surface area (Å²) in [5.74, 6) is 1.00. The highest BCUT2D eigenvalue weighted by Gasteiger charge is 2.34. The molecule has 2 atom stereocenters. The molecule has 0 radical (unpaired) electrons. The number of amides is 1. The first-order chi connectivity index (χ1) is 10.8. The van der Waals surface area contributed by atoms with Crippen molar-refractivity contribution in [2.75, 3.05) is 6.61 Å². The van der Waals surface area contributed by atoms with Gasteiger partial charge in [0, 0.05) is 6.61 Å². The number of rotatable bonds is 6. The molecule has 0 saturated carbocycles. The van der Waals surface area contributed by atoms with Gasteiger partial charge in [0.1, 0.15) is 5.75 Å². The average Bonchev–Trinajstić information content (AvgIpc) is 3.01. The summed E-state index contributed by atoms with van der Waals surface area (Å²) in [5, 5.41) is 3.04. The number of carbonyl (C=O) groups excluding carboxylic acids is 1. The van der Waals surface area contributed by atoms with Crippen molar-refractivity contribution in [3.63, 3.8) is 0 Å². The summed E-state index contributed by atoms with van der Waals surface area (Å²) in [6, 6.07) is 7.89. The number of hydrogen-bond donors (Lipinski definition) is 1. The Bertz CT molecular complexity index is 533. The van der Waals surface area contributed by atoms with Crippen molar-refractivity contribution in [1.29, 1.82) is 0 Å². The Morgan fingerprint density at radius 1 is 1.30 bits per heavy atom. The van der Waals surface area contributed by atoms with Gasteiger partial charge in [-0.05, 0) is 51.2 Å². The number of ether oxygens (including phenoxy) is 2. The Kier molecular flexibility index (Phi) is 5.69. The van der Waals surface area contributed by atoms with Crippen molar-refractivity contribution >= 4 is 5.91 Å². The van der Waals surface area contributed by atoms with Gasteiger partial charge in [-0.25, -0.2) is 0 Å². The van der Waals surface area contributed by atoms with Crippen LogP contribution in [0.1, 0.15) is 58.9 Å². The lowest BCUT2D eigenvalue weighted by atomic mass is 10.0. The fourth-order valence-corrected chi connectivity index (χ4v) is 2.84. The Morgan fingerprint density at radius 3 is 2.61 bits per heavy atom. The summed E-state index contributed by atoms with van der Waals surface area (Å²) < 4.78 is 11.7.